The molecule has 90 valence electrons. The molecular formula is C12H15N3O2. The lowest BCUT2D eigenvalue weighted by atomic mass is 10.0. The minimum Gasteiger partial charge on any atom is -0.368 e. The van der Waals surface area contributed by atoms with Crippen molar-refractivity contribution < 1.29 is 9.59 Å². The number of fused-ring (bicyclic) bond motifs is 1. The maximum Gasteiger partial charge on any atom is 0.249 e. The molecule has 5 heteroatoms. The van der Waals surface area contributed by atoms with Crippen molar-refractivity contribution in [2.75, 3.05) is 11.4 Å². The number of hydrogen-bond acceptors (Lipinski definition) is 3. The van der Waals surface area contributed by atoms with Crippen LogP contribution in [-0.2, 0) is 16.0 Å². The van der Waals surface area contributed by atoms with Gasteiger partial charge in [0.2, 0.25) is 11.8 Å². The van der Waals surface area contributed by atoms with Crippen molar-refractivity contribution in [2.45, 2.75) is 19.4 Å². The fourth-order valence-corrected chi connectivity index (χ4v) is 2.06. The molecule has 17 heavy (non-hydrogen) atoms. The van der Waals surface area contributed by atoms with Crippen LogP contribution < -0.4 is 16.4 Å². The molecule has 1 unspecified atom stereocenters. The van der Waals surface area contributed by atoms with Gasteiger partial charge in [-0.3, -0.25) is 9.59 Å². The molecule has 0 bridgehead atoms. The Balaban J connectivity index is 2.43. The summed E-state index contributed by atoms with van der Waals surface area (Å²) in [6.07, 6.45) is 0.879. The number of aryl methyl sites for hydroxylation is 1. The third-order valence-electron chi connectivity index (χ3n) is 2.97. The van der Waals surface area contributed by atoms with E-state index in [1.807, 2.05) is 25.1 Å². The summed E-state index contributed by atoms with van der Waals surface area (Å²) in [5.74, 6) is -0.815. The quantitative estimate of drug-likeness (QED) is 0.774. The van der Waals surface area contributed by atoms with E-state index >= 15 is 0 Å². The topological polar surface area (TPSA) is 89.4 Å². The molecule has 1 aliphatic heterocycles. The van der Waals surface area contributed by atoms with Gasteiger partial charge in [-0.25, -0.2) is 0 Å². The second-order valence-corrected chi connectivity index (χ2v) is 4.12. The Bertz CT molecular complexity index is 485. The summed E-state index contributed by atoms with van der Waals surface area (Å²) in [5.41, 5.74) is 13.5. The Kier molecular flexibility index (Phi) is 2.85. The van der Waals surface area contributed by atoms with Gasteiger partial charge in [-0.15, -0.1) is 0 Å². The number of carbonyl (C=O) groups excluding carboxylic acids is 2. The maximum atomic E-state index is 11.9. The summed E-state index contributed by atoms with van der Waals surface area (Å²) >= 11 is 0. The Morgan fingerprint density at radius 2 is 2.18 bits per heavy atom. The lowest BCUT2D eigenvalue weighted by molar-refractivity contribution is -0.122. The highest BCUT2D eigenvalue weighted by Gasteiger charge is 2.35. The molecule has 1 heterocycles. The third-order valence-corrected chi connectivity index (χ3v) is 2.97. The minimum atomic E-state index is -0.684. The van der Waals surface area contributed by atoms with E-state index in [1.165, 1.54) is 4.90 Å². The first-order chi connectivity index (χ1) is 8.04. The zero-order chi connectivity index (χ0) is 12.6. The molecule has 0 saturated heterocycles. The van der Waals surface area contributed by atoms with Gasteiger partial charge >= 0.3 is 0 Å². The van der Waals surface area contributed by atoms with Crippen molar-refractivity contribution in [3.63, 3.8) is 0 Å². The number of carbonyl (C=O) groups is 2. The van der Waals surface area contributed by atoms with Crippen LogP contribution in [0.4, 0.5) is 5.69 Å². The van der Waals surface area contributed by atoms with E-state index < -0.39 is 11.9 Å². The average Bonchev–Trinajstić information content (AvgIpc) is 2.54. The highest BCUT2D eigenvalue weighted by molar-refractivity contribution is 6.07. The van der Waals surface area contributed by atoms with Gasteiger partial charge in [0.1, 0.15) is 12.6 Å². The van der Waals surface area contributed by atoms with Crippen molar-refractivity contribution in [1.29, 1.82) is 0 Å². The molecule has 2 rings (SSSR count). The van der Waals surface area contributed by atoms with Gasteiger partial charge in [0.15, 0.2) is 0 Å². The summed E-state index contributed by atoms with van der Waals surface area (Å²) in [4.78, 5) is 24.2. The van der Waals surface area contributed by atoms with Crippen molar-refractivity contribution in [1.82, 2.24) is 0 Å². The van der Waals surface area contributed by atoms with Crippen LogP contribution in [0.25, 0.3) is 0 Å². The fourth-order valence-electron chi connectivity index (χ4n) is 2.06. The molecular weight excluding hydrogens is 218 g/mol. The Morgan fingerprint density at radius 1 is 1.47 bits per heavy atom. The summed E-state index contributed by atoms with van der Waals surface area (Å²) < 4.78 is 0. The predicted molar refractivity (Wildman–Crippen MR) is 64.3 cm³/mol. The molecule has 1 aromatic rings. The highest BCUT2D eigenvalue weighted by atomic mass is 16.2. The van der Waals surface area contributed by atoms with Gasteiger partial charge < -0.3 is 16.4 Å². The number of hydrogen-bond donors (Lipinski definition) is 2. The monoisotopic (exact) mass is 233 g/mol. The van der Waals surface area contributed by atoms with Gasteiger partial charge in [0, 0.05) is 11.3 Å². The standard InChI is InChI=1S/C12H15N3O2/c1-2-7-3-4-9-8(5-7)11(14)12(17)15(9)6-10(13)16/h3-5,11H,2,6,14H2,1H3,(H2,13,16). The van der Waals surface area contributed by atoms with Crippen LogP contribution in [0.1, 0.15) is 24.1 Å². The molecule has 5 nitrogen and oxygen atoms in total. The number of rotatable bonds is 3. The second kappa shape index (κ2) is 4.18. The first-order valence-corrected chi connectivity index (χ1v) is 5.52. The molecule has 4 N–H and O–H groups in total. The largest absolute Gasteiger partial charge is 0.368 e. The number of nitrogens with zero attached hydrogens (tertiary/aromatic N) is 1. The molecule has 0 fully saturated rings. The zero-order valence-electron chi connectivity index (χ0n) is 9.64. The molecule has 1 aliphatic rings. The number of nitrogens with two attached hydrogens (primary N) is 2. The van der Waals surface area contributed by atoms with Gasteiger partial charge in [-0.1, -0.05) is 19.1 Å². The lowest BCUT2D eigenvalue weighted by Gasteiger charge is -2.15. The van der Waals surface area contributed by atoms with Crippen LogP contribution in [0.5, 0.6) is 0 Å². The van der Waals surface area contributed by atoms with Crippen LogP contribution in [-0.4, -0.2) is 18.4 Å². The molecule has 0 aliphatic carbocycles. The van der Waals surface area contributed by atoms with Gasteiger partial charge in [0.25, 0.3) is 0 Å². The predicted octanol–water partition coefficient (Wildman–Crippen LogP) is 0.0807. The Labute approximate surface area is 99.4 Å². The molecule has 0 radical (unpaired) electrons. The van der Waals surface area contributed by atoms with Crippen molar-refractivity contribution in [2.24, 2.45) is 11.5 Å². The first kappa shape index (κ1) is 11.6. The highest BCUT2D eigenvalue weighted by Crippen LogP contribution is 2.34. The van der Waals surface area contributed by atoms with Crippen molar-refractivity contribution >= 4 is 17.5 Å². The van der Waals surface area contributed by atoms with E-state index in [0.29, 0.717) is 5.69 Å². The van der Waals surface area contributed by atoms with Crippen LogP contribution in [0.2, 0.25) is 0 Å². The van der Waals surface area contributed by atoms with Crippen molar-refractivity contribution in [3.8, 4) is 0 Å². The van der Waals surface area contributed by atoms with Crippen molar-refractivity contribution in [3.05, 3.63) is 29.3 Å². The average molecular weight is 233 g/mol. The summed E-state index contributed by atoms with van der Waals surface area (Å²) in [6.45, 7) is 1.91. The summed E-state index contributed by atoms with van der Waals surface area (Å²) in [7, 11) is 0. The van der Waals surface area contributed by atoms with Gasteiger partial charge in [-0.05, 0) is 18.1 Å². The Morgan fingerprint density at radius 3 is 2.76 bits per heavy atom. The molecule has 0 aromatic heterocycles. The number of anilines is 1. The SMILES string of the molecule is CCc1ccc2c(c1)C(N)C(=O)N2CC(N)=O. The van der Waals surface area contributed by atoms with E-state index in [9.17, 15) is 9.59 Å². The number of amides is 2. The summed E-state index contributed by atoms with van der Waals surface area (Å²) in [5, 5.41) is 0. The second-order valence-electron chi connectivity index (χ2n) is 4.12. The number of benzene rings is 1. The van der Waals surface area contributed by atoms with Gasteiger partial charge in [0.05, 0.1) is 0 Å². The normalized spacial score (nSPS) is 18.4. The van der Waals surface area contributed by atoms with E-state index in [1.54, 1.807) is 0 Å². The molecule has 0 saturated carbocycles. The fraction of sp³-hybridized carbons (Fsp3) is 0.333. The lowest BCUT2D eigenvalue weighted by Crippen LogP contribution is -2.38. The van der Waals surface area contributed by atoms with E-state index in [-0.39, 0.29) is 12.5 Å². The zero-order valence-corrected chi connectivity index (χ0v) is 9.64. The Hall–Kier alpha value is -1.88. The van der Waals surface area contributed by atoms with E-state index in [2.05, 4.69) is 0 Å². The smallest absolute Gasteiger partial charge is 0.249 e. The first-order valence-electron chi connectivity index (χ1n) is 5.52. The number of primary amides is 1. The molecule has 1 aromatic carbocycles. The van der Waals surface area contributed by atoms with Crippen LogP contribution in [0, 0.1) is 0 Å². The molecule has 2 amide bonds. The van der Waals surface area contributed by atoms with Crippen LogP contribution >= 0.6 is 0 Å². The van der Waals surface area contributed by atoms with Crippen LogP contribution in [0.3, 0.4) is 0 Å². The minimum absolute atomic E-state index is 0.120. The van der Waals surface area contributed by atoms with E-state index in [0.717, 1.165) is 17.5 Å². The van der Waals surface area contributed by atoms with E-state index in [4.69, 9.17) is 11.5 Å². The molecule has 0 spiro atoms. The molecule has 1 atom stereocenters. The third kappa shape index (κ3) is 1.89. The maximum absolute atomic E-state index is 11.9. The van der Waals surface area contributed by atoms with Gasteiger partial charge in [-0.2, -0.15) is 0 Å². The summed E-state index contributed by atoms with van der Waals surface area (Å²) in [6, 6.07) is 4.98. The van der Waals surface area contributed by atoms with Crippen LogP contribution in [0.15, 0.2) is 18.2 Å².